The van der Waals surface area contributed by atoms with Crippen molar-refractivity contribution in [1.82, 2.24) is 29.9 Å². The van der Waals surface area contributed by atoms with Crippen LogP contribution in [0.2, 0.25) is 0 Å². The third-order valence-electron chi connectivity index (χ3n) is 6.27. The molecular formula is C24H25N7O3. The van der Waals surface area contributed by atoms with Crippen LogP contribution < -0.4 is 9.64 Å². The van der Waals surface area contributed by atoms with Crippen LogP contribution in [0.1, 0.15) is 41.7 Å². The molecule has 0 aliphatic carbocycles. The largest absolute Gasteiger partial charge is 0.496 e. The SMILES string of the molecule is CCc1cnc(N2CCC(n3nnc4cc(-c5ccc(C(=O)O)cc5OC)ncc43)CC2)nc1. The van der Waals surface area contributed by atoms with Crippen LogP contribution in [0.25, 0.3) is 22.3 Å². The fraction of sp³-hybridized carbons (Fsp3) is 0.333. The van der Waals surface area contributed by atoms with Gasteiger partial charge in [0.05, 0.1) is 30.6 Å². The maximum atomic E-state index is 11.3. The number of nitrogens with zero attached hydrogens (tertiary/aromatic N) is 7. The maximum Gasteiger partial charge on any atom is 0.335 e. The number of anilines is 1. The summed E-state index contributed by atoms with van der Waals surface area (Å²) < 4.78 is 7.36. The first kappa shape index (κ1) is 21.7. The summed E-state index contributed by atoms with van der Waals surface area (Å²) >= 11 is 0. The zero-order valence-corrected chi connectivity index (χ0v) is 19.0. The van der Waals surface area contributed by atoms with E-state index >= 15 is 0 Å². The number of methoxy groups -OCH3 is 1. The van der Waals surface area contributed by atoms with Gasteiger partial charge in [0.1, 0.15) is 16.8 Å². The van der Waals surface area contributed by atoms with E-state index in [0.29, 0.717) is 17.0 Å². The second kappa shape index (κ2) is 9.05. The molecule has 1 N–H and O–H groups in total. The van der Waals surface area contributed by atoms with Crippen molar-refractivity contribution in [1.29, 1.82) is 0 Å². The molecule has 10 nitrogen and oxygen atoms in total. The summed E-state index contributed by atoms with van der Waals surface area (Å²) in [7, 11) is 1.51. The quantitative estimate of drug-likeness (QED) is 0.463. The highest BCUT2D eigenvalue weighted by Crippen LogP contribution is 2.32. The third-order valence-corrected chi connectivity index (χ3v) is 6.27. The Hall–Kier alpha value is -4.08. The minimum absolute atomic E-state index is 0.158. The van der Waals surface area contributed by atoms with E-state index in [1.165, 1.54) is 19.2 Å². The summed E-state index contributed by atoms with van der Waals surface area (Å²) in [4.78, 5) is 27.1. The minimum atomic E-state index is -1.01. The lowest BCUT2D eigenvalue weighted by molar-refractivity contribution is 0.0696. The summed E-state index contributed by atoms with van der Waals surface area (Å²) in [6.07, 6.45) is 8.30. The molecule has 1 saturated heterocycles. The van der Waals surface area contributed by atoms with Crippen LogP contribution in [0.5, 0.6) is 5.75 Å². The number of hydrogen-bond donors (Lipinski definition) is 1. The van der Waals surface area contributed by atoms with Crippen LogP contribution in [0.3, 0.4) is 0 Å². The molecule has 34 heavy (non-hydrogen) atoms. The second-order valence-corrected chi connectivity index (χ2v) is 8.28. The highest BCUT2D eigenvalue weighted by atomic mass is 16.5. The molecule has 1 fully saturated rings. The Morgan fingerprint density at radius 3 is 2.56 bits per heavy atom. The number of aromatic carboxylic acids is 1. The van der Waals surface area contributed by atoms with Gasteiger partial charge in [0, 0.05) is 31.0 Å². The first-order valence-electron chi connectivity index (χ1n) is 11.3. The number of ether oxygens (including phenoxy) is 1. The Morgan fingerprint density at radius 2 is 1.88 bits per heavy atom. The lowest BCUT2D eigenvalue weighted by atomic mass is 10.0. The molecule has 1 aliphatic rings. The lowest BCUT2D eigenvalue weighted by Crippen LogP contribution is -2.36. The molecule has 174 valence electrons. The van der Waals surface area contributed by atoms with Crippen molar-refractivity contribution in [3.8, 4) is 17.0 Å². The number of fused-ring (bicyclic) bond motifs is 1. The molecule has 0 saturated carbocycles. The molecule has 0 amide bonds. The minimum Gasteiger partial charge on any atom is -0.496 e. The number of pyridine rings is 1. The smallest absolute Gasteiger partial charge is 0.335 e. The van der Waals surface area contributed by atoms with Crippen molar-refractivity contribution in [3.05, 3.63) is 54.0 Å². The predicted octanol–water partition coefficient (Wildman–Crippen LogP) is 3.39. The average Bonchev–Trinajstić information content (AvgIpc) is 3.31. The maximum absolute atomic E-state index is 11.3. The van der Waals surface area contributed by atoms with Gasteiger partial charge < -0.3 is 14.7 Å². The molecule has 4 heterocycles. The van der Waals surface area contributed by atoms with Crippen LogP contribution >= 0.6 is 0 Å². The van der Waals surface area contributed by atoms with Crippen LogP contribution in [0.4, 0.5) is 5.95 Å². The monoisotopic (exact) mass is 459 g/mol. The Labute approximate surface area is 196 Å². The number of piperidine rings is 1. The summed E-state index contributed by atoms with van der Waals surface area (Å²) in [5, 5.41) is 18.0. The summed E-state index contributed by atoms with van der Waals surface area (Å²) in [6.45, 7) is 3.78. The second-order valence-electron chi connectivity index (χ2n) is 8.28. The van der Waals surface area contributed by atoms with Gasteiger partial charge in [0.2, 0.25) is 5.95 Å². The molecule has 10 heteroatoms. The highest BCUT2D eigenvalue weighted by Gasteiger charge is 2.25. The van der Waals surface area contributed by atoms with E-state index in [9.17, 15) is 9.90 Å². The van der Waals surface area contributed by atoms with E-state index in [4.69, 9.17) is 4.74 Å². The van der Waals surface area contributed by atoms with Crippen molar-refractivity contribution in [2.24, 2.45) is 0 Å². The van der Waals surface area contributed by atoms with Crippen molar-refractivity contribution in [2.75, 3.05) is 25.1 Å². The van der Waals surface area contributed by atoms with E-state index < -0.39 is 5.97 Å². The van der Waals surface area contributed by atoms with Gasteiger partial charge in [-0.1, -0.05) is 12.1 Å². The van der Waals surface area contributed by atoms with Gasteiger partial charge >= 0.3 is 5.97 Å². The Bertz CT molecular complexity index is 1330. The molecule has 0 atom stereocenters. The fourth-order valence-electron chi connectivity index (χ4n) is 4.30. The fourth-order valence-corrected chi connectivity index (χ4v) is 4.30. The topological polar surface area (TPSA) is 119 Å². The first-order valence-corrected chi connectivity index (χ1v) is 11.3. The van der Waals surface area contributed by atoms with E-state index in [0.717, 1.165) is 54.9 Å². The average molecular weight is 460 g/mol. The number of carboxylic acids is 1. The Balaban J connectivity index is 1.35. The standard InChI is InChI=1S/C24H25N7O3/c1-3-15-12-26-24(27-13-15)30-8-6-17(7-9-30)31-21-14-25-19(11-20(21)28-29-31)18-5-4-16(23(32)33)10-22(18)34-2/h4-5,10-14,17H,3,6-9H2,1-2H3,(H,32,33). The number of aromatic nitrogens is 6. The first-order chi connectivity index (χ1) is 16.6. The summed E-state index contributed by atoms with van der Waals surface area (Å²) in [5.41, 5.74) is 4.24. The van der Waals surface area contributed by atoms with Gasteiger partial charge in [-0.15, -0.1) is 5.10 Å². The van der Waals surface area contributed by atoms with E-state index in [-0.39, 0.29) is 11.6 Å². The normalized spacial score (nSPS) is 14.5. The predicted molar refractivity (Wildman–Crippen MR) is 126 cm³/mol. The van der Waals surface area contributed by atoms with Gasteiger partial charge in [-0.2, -0.15) is 0 Å². The van der Waals surface area contributed by atoms with Crippen LogP contribution in [0.15, 0.2) is 42.9 Å². The number of rotatable bonds is 6. The van der Waals surface area contributed by atoms with Crippen LogP contribution in [-0.2, 0) is 6.42 Å². The van der Waals surface area contributed by atoms with Crippen LogP contribution in [-0.4, -0.2) is 61.2 Å². The molecule has 1 aromatic carbocycles. The molecule has 3 aromatic heterocycles. The number of aryl methyl sites for hydroxylation is 1. The van der Waals surface area contributed by atoms with Crippen molar-refractivity contribution in [2.45, 2.75) is 32.2 Å². The number of hydrogen-bond acceptors (Lipinski definition) is 8. The third kappa shape index (κ3) is 4.02. The molecule has 0 unspecified atom stereocenters. The van der Waals surface area contributed by atoms with Gasteiger partial charge in [-0.3, -0.25) is 4.98 Å². The summed E-state index contributed by atoms with van der Waals surface area (Å²) in [6, 6.07) is 6.80. The molecule has 1 aliphatic heterocycles. The molecule has 0 radical (unpaired) electrons. The molecular weight excluding hydrogens is 434 g/mol. The van der Waals surface area contributed by atoms with Gasteiger partial charge in [-0.05, 0) is 49.1 Å². The summed E-state index contributed by atoms with van der Waals surface area (Å²) in [5.74, 6) is 0.209. The molecule has 0 spiro atoms. The molecule has 4 aromatic rings. The van der Waals surface area contributed by atoms with Gasteiger partial charge in [0.15, 0.2) is 0 Å². The number of carboxylic acid groups (broad SMARTS) is 1. The zero-order chi connectivity index (χ0) is 23.7. The van der Waals surface area contributed by atoms with E-state index in [1.54, 1.807) is 12.3 Å². The van der Waals surface area contributed by atoms with Crippen molar-refractivity contribution in [3.63, 3.8) is 0 Å². The number of benzene rings is 1. The highest BCUT2D eigenvalue weighted by molar-refractivity contribution is 5.90. The number of carbonyl (C=O) groups is 1. The van der Waals surface area contributed by atoms with Crippen molar-refractivity contribution >= 4 is 23.0 Å². The molecule has 0 bridgehead atoms. The van der Waals surface area contributed by atoms with Crippen LogP contribution in [0, 0.1) is 0 Å². The van der Waals surface area contributed by atoms with E-state index in [2.05, 4.69) is 37.1 Å². The Kier molecular flexibility index (Phi) is 5.79. The van der Waals surface area contributed by atoms with E-state index in [1.807, 2.05) is 23.1 Å². The van der Waals surface area contributed by atoms with Gasteiger partial charge in [0.25, 0.3) is 0 Å². The Morgan fingerprint density at radius 1 is 1.12 bits per heavy atom. The van der Waals surface area contributed by atoms with Gasteiger partial charge in [-0.25, -0.2) is 19.4 Å². The zero-order valence-electron chi connectivity index (χ0n) is 19.0. The lowest BCUT2D eigenvalue weighted by Gasteiger charge is -2.32. The molecule has 5 rings (SSSR count). The van der Waals surface area contributed by atoms with Crippen molar-refractivity contribution < 1.29 is 14.6 Å².